The molecule has 8 nitrogen and oxygen atoms in total. The van der Waals surface area contributed by atoms with Gasteiger partial charge in [0.05, 0.1) is 26.8 Å². The molecule has 0 aliphatic heterocycles. The fraction of sp³-hybridized carbons (Fsp3) is 0.143. The number of carbonyl (C=O) groups is 1. The second-order valence-corrected chi connectivity index (χ2v) is 10.7. The van der Waals surface area contributed by atoms with E-state index in [4.69, 9.17) is 18.9 Å². The average molecular weight is 686 g/mol. The number of furan rings is 1. The minimum absolute atomic E-state index is 0.183. The summed E-state index contributed by atoms with van der Waals surface area (Å²) in [4.78, 5) is 30.0. The molecule has 0 aliphatic carbocycles. The highest BCUT2D eigenvalue weighted by Crippen LogP contribution is 2.29. The second kappa shape index (κ2) is 11.1. The second-order valence-electron chi connectivity index (χ2n) is 8.62. The lowest BCUT2D eigenvalue weighted by atomic mass is 10.2. The van der Waals surface area contributed by atoms with E-state index >= 15 is 0 Å². The zero-order valence-electron chi connectivity index (χ0n) is 20.4. The van der Waals surface area contributed by atoms with Crippen LogP contribution in [0, 0.1) is 3.57 Å². The summed E-state index contributed by atoms with van der Waals surface area (Å²) < 4.78 is 19.7. The minimum atomic E-state index is -0.435. The number of hydrogen-bond acceptors (Lipinski definition) is 7. The molecule has 5 rings (SSSR count). The van der Waals surface area contributed by atoms with E-state index in [2.05, 4.69) is 43.6 Å². The van der Waals surface area contributed by atoms with Crippen LogP contribution in [0.1, 0.15) is 19.4 Å². The van der Waals surface area contributed by atoms with E-state index in [1.54, 1.807) is 50.4 Å². The van der Waals surface area contributed by atoms with Crippen molar-refractivity contribution in [3.63, 3.8) is 0 Å². The highest BCUT2D eigenvalue weighted by atomic mass is 127. The Kier molecular flexibility index (Phi) is 7.61. The van der Waals surface area contributed by atoms with E-state index in [0.717, 1.165) is 19.0 Å². The standard InChI is InChI=1S/C28H21BrIN3O5/c1-16(2)37-26(34)15-36-24-9-7-17(11-21(24)30)14-31-33-27(32-22-6-4-3-5-20(22)28(33)35)25-13-18-12-19(29)8-10-23(18)38-25/h3-14,16H,15H2,1-2H3. The van der Waals surface area contributed by atoms with Crippen LogP contribution in [0.4, 0.5) is 0 Å². The van der Waals surface area contributed by atoms with Crippen LogP contribution in [0.25, 0.3) is 33.5 Å². The number of benzene rings is 3. The van der Waals surface area contributed by atoms with E-state index in [9.17, 15) is 9.59 Å². The number of halogens is 2. The fourth-order valence-electron chi connectivity index (χ4n) is 3.79. The lowest BCUT2D eigenvalue weighted by molar-refractivity contribution is -0.149. The Hall–Kier alpha value is -3.51. The quantitative estimate of drug-likeness (QED) is 0.112. The molecule has 3 aromatic carbocycles. The predicted octanol–water partition coefficient (Wildman–Crippen LogP) is 6.39. The van der Waals surface area contributed by atoms with Gasteiger partial charge in [-0.15, -0.1) is 0 Å². The normalized spacial score (nSPS) is 11.6. The zero-order chi connectivity index (χ0) is 26.8. The molecule has 0 unspecified atom stereocenters. The topological polar surface area (TPSA) is 95.9 Å². The van der Waals surface area contributed by atoms with E-state index < -0.39 is 5.97 Å². The van der Waals surface area contributed by atoms with Crippen molar-refractivity contribution >= 4 is 72.6 Å². The van der Waals surface area contributed by atoms with Crippen molar-refractivity contribution in [1.29, 1.82) is 0 Å². The molecule has 2 aromatic heterocycles. The number of aromatic nitrogens is 2. The molecule has 38 heavy (non-hydrogen) atoms. The Balaban J connectivity index is 1.50. The van der Waals surface area contributed by atoms with Gasteiger partial charge in [-0.05, 0) is 96.6 Å². The first-order valence-corrected chi connectivity index (χ1v) is 13.5. The van der Waals surface area contributed by atoms with Gasteiger partial charge in [-0.2, -0.15) is 9.78 Å². The van der Waals surface area contributed by atoms with Crippen LogP contribution < -0.4 is 10.3 Å². The van der Waals surface area contributed by atoms with Crippen LogP contribution in [-0.4, -0.2) is 34.6 Å². The maximum Gasteiger partial charge on any atom is 0.344 e. The van der Waals surface area contributed by atoms with E-state index in [-0.39, 0.29) is 24.1 Å². The molecular formula is C28H21BrIN3O5. The maximum atomic E-state index is 13.5. The summed E-state index contributed by atoms with van der Waals surface area (Å²) in [6, 6.07) is 20.0. The molecule has 0 fully saturated rings. The fourth-order valence-corrected chi connectivity index (χ4v) is 4.86. The highest BCUT2D eigenvalue weighted by Gasteiger charge is 2.17. The Morgan fingerprint density at radius 1 is 1.16 bits per heavy atom. The van der Waals surface area contributed by atoms with Crippen LogP contribution in [0.15, 0.2) is 85.5 Å². The smallest absolute Gasteiger partial charge is 0.344 e. The zero-order valence-corrected chi connectivity index (χ0v) is 24.1. The number of ether oxygens (including phenoxy) is 2. The van der Waals surface area contributed by atoms with Gasteiger partial charge < -0.3 is 13.9 Å². The average Bonchev–Trinajstić information content (AvgIpc) is 3.30. The SMILES string of the molecule is CC(C)OC(=O)COc1ccc(C=Nn2c(-c3cc4cc(Br)ccc4o3)nc3ccccc3c2=O)cc1I. The third-order valence-corrected chi connectivity index (χ3v) is 6.78. The molecule has 0 radical (unpaired) electrons. The predicted molar refractivity (Wildman–Crippen MR) is 158 cm³/mol. The van der Waals surface area contributed by atoms with Gasteiger partial charge in [-0.25, -0.2) is 9.78 Å². The summed E-state index contributed by atoms with van der Waals surface area (Å²) in [5, 5.41) is 5.81. The summed E-state index contributed by atoms with van der Waals surface area (Å²) in [5.74, 6) is 0.817. The molecule has 0 saturated carbocycles. The molecule has 0 aliphatic rings. The first kappa shape index (κ1) is 26.1. The van der Waals surface area contributed by atoms with E-state index in [1.807, 2.05) is 36.4 Å². The molecule has 0 atom stereocenters. The van der Waals surface area contributed by atoms with Gasteiger partial charge in [0.1, 0.15) is 11.3 Å². The molecule has 0 N–H and O–H groups in total. The molecule has 0 amide bonds. The summed E-state index contributed by atoms with van der Waals surface area (Å²) >= 11 is 5.59. The molecule has 2 heterocycles. The van der Waals surface area contributed by atoms with Gasteiger partial charge in [-0.1, -0.05) is 28.1 Å². The lowest BCUT2D eigenvalue weighted by Crippen LogP contribution is -2.20. The molecular weight excluding hydrogens is 665 g/mol. The molecule has 5 aromatic rings. The molecule has 10 heteroatoms. The maximum absolute atomic E-state index is 13.5. The highest BCUT2D eigenvalue weighted by molar-refractivity contribution is 14.1. The summed E-state index contributed by atoms with van der Waals surface area (Å²) in [5.41, 5.74) is 1.63. The monoisotopic (exact) mass is 685 g/mol. The van der Waals surface area contributed by atoms with Gasteiger partial charge in [0, 0.05) is 9.86 Å². The van der Waals surface area contributed by atoms with Crippen molar-refractivity contribution in [2.75, 3.05) is 6.61 Å². The number of para-hydroxylation sites is 1. The first-order valence-electron chi connectivity index (χ1n) is 11.7. The van der Waals surface area contributed by atoms with Gasteiger partial charge in [0.15, 0.2) is 12.4 Å². The van der Waals surface area contributed by atoms with Crippen LogP contribution >= 0.6 is 38.5 Å². The van der Waals surface area contributed by atoms with Crippen LogP contribution in [0.5, 0.6) is 5.75 Å². The van der Waals surface area contributed by atoms with Crippen molar-refractivity contribution in [2.24, 2.45) is 5.10 Å². The molecule has 0 bridgehead atoms. The number of nitrogens with zero attached hydrogens (tertiary/aromatic N) is 3. The van der Waals surface area contributed by atoms with Crippen LogP contribution in [0.2, 0.25) is 0 Å². The number of esters is 1. The van der Waals surface area contributed by atoms with Gasteiger partial charge in [-0.3, -0.25) is 4.79 Å². The van der Waals surface area contributed by atoms with Crippen LogP contribution in [-0.2, 0) is 9.53 Å². The molecule has 0 saturated heterocycles. The van der Waals surface area contributed by atoms with E-state index in [1.165, 1.54) is 4.68 Å². The molecule has 192 valence electrons. The lowest BCUT2D eigenvalue weighted by Gasteiger charge is -2.11. The third kappa shape index (κ3) is 5.65. The van der Waals surface area contributed by atoms with Crippen molar-refractivity contribution in [2.45, 2.75) is 20.0 Å². The number of carbonyl (C=O) groups excluding carboxylic acids is 1. The Labute approximate surface area is 239 Å². The minimum Gasteiger partial charge on any atom is -0.481 e. The van der Waals surface area contributed by atoms with Crippen LogP contribution in [0.3, 0.4) is 0 Å². The van der Waals surface area contributed by atoms with Gasteiger partial charge in [0.2, 0.25) is 5.82 Å². The largest absolute Gasteiger partial charge is 0.481 e. The van der Waals surface area contributed by atoms with Crippen molar-refractivity contribution in [1.82, 2.24) is 9.66 Å². The molecule has 0 spiro atoms. The number of hydrogen-bond donors (Lipinski definition) is 0. The third-order valence-electron chi connectivity index (χ3n) is 5.44. The van der Waals surface area contributed by atoms with Crippen molar-refractivity contribution < 1.29 is 18.7 Å². The number of fused-ring (bicyclic) bond motifs is 2. The summed E-state index contributed by atoms with van der Waals surface area (Å²) in [6.07, 6.45) is 1.36. The van der Waals surface area contributed by atoms with Crippen molar-refractivity contribution in [3.8, 4) is 17.3 Å². The summed E-state index contributed by atoms with van der Waals surface area (Å²) in [6.45, 7) is 3.38. The Morgan fingerprint density at radius 3 is 2.76 bits per heavy atom. The Morgan fingerprint density at radius 2 is 1.97 bits per heavy atom. The summed E-state index contributed by atoms with van der Waals surface area (Å²) in [7, 11) is 0. The first-order chi connectivity index (χ1) is 18.3. The van der Waals surface area contributed by atoms with Crippen molar-refractivity contribution in [3.05, 3.63) is 90.7 Å². The number of rotatable bonds is 7. The van der Waals surface area contributed by atoms with E-state index in [0.29, 0.717) is 28.0 Å². The van der Waals surface area contributed by atoms with Gasteiger partial charge >= 0.3 is 5.97 Å². The van der Waals surface area contributed by atoms with Gasteiger partial charge in [0.25, 0.3) is 5.56 Å². The Bertz CT molecular complexity index is 1760.